The normalized spacial score (nSPS) is 15.8. The molecule has 1 aromatic carbocycles. The Labute approximate surface area is 174 Å². The summed E-state index contributed by atoms with van der Waals surface area (Å²) in [4.78, 5) is 2.55. The average Bonchev–Trinajstić information content (AvgIpc) is 3.11. The lowest BCUT2D eigenvalue weighted by molar-refractivity contribution is -0.463. The van der Waals surface area contributed by atoms with Crippen molar-refractivity contribution in [2.24, 2.45) is 0 Å². The van der Waals surface area contributed by atoms with Crippen LogP contribution in [0.25, 0.3) is 11.1 Å². The Morgan fingerprint density at radius 2 is 0.882 bits per heavy atom. The van der Waals surface area contributed by atoms with E-state index in [9.17, 15) is 74.6 Å². The second-order valence-electron chi connectivity index (χ2n) is 6.51. The number of para-hydroxylation sites is 2. The summed E-state index contributed by atoms with van der Waals surface area (Å²) in [5.74, 6) is -60.0. The van der Waals surface area contributed by atoms with Crippen molar-refractivity contribution in [2.45, 2.75) is 47.6 Å². The van der Waals surface area contributed by atoms with E-state index in [-0.39, 0.29) is 0 Å². The van der Waals surface area contributed by atoms with Gasteiger partial charge >= 0.3 is 47.6 Å². The van der Waals surface area contributed by atoms with Gasteiger partial charge in [0, 0.05) is 0 Å². The lowest BCUT2D eigenvalue weighted by Crippen LogP contribution is -2.74. The average molecular weight is 537 g/mol. The summed E-state index contributed by atoms with van der Waals surface area (Å²) in [6, 6.07) is 3.37. The minimum atomic E-state index is -8.68. The summed E-state index contributed by atoms with van der Waals surface area (Å²) < 4.78 is 229. The van der Waals surface area contributed by atoms with Gasteiger partial charge in [-0.25, -0.2) is 4.98 Å². The van der Waals surface area contributed by atoms with Gasteiger partial charge in [0.1, 0.15) is 5.52 Å². The number of hydrogen-bond acceptors (Lipinski definition) is 2. The quantitative estimate of drug-likeness (QED) is 0.347. The third kappa shape index (κ3) is 3.28. The topological polar surface area (TPSA) is 26.0 Å². The molecular formula is C15H4F17NO. The number of nitrogens with zero attached hydrogens (tertiary/aromatic N) is 1. The van der Waals surface area contributed by atoms with Gasteiger partial charge in [-0.2, -0.15) is 74.6 Å². The molecule has 2 aromatic rings. The number of fused-ring (bicyclic) bond motifs is 1. The van der Waals surface area contributed by atoms with Crippen LogP contribution in [0.15, 0.2) is 28.7 Å². The van der Waals surface area contributed by atoms with E-state index in [1.54, 1.807) is 0 Å². The number of benzene rings is 1. The zero-order chi connectivity index (χ0) is 27.0. The zero-order valence-electron chi connectivity index (χ0n) is 15.1. The smallest absolute Gasteiger partial charge is 0.435 e. The number of rotatable bonds is 7. The second-order valence-corrected chi connectivity index (χ2v) is 6.51. The van der Waals surface area contributed by atoms with Crippen molar-refractivity contribution in [2.75, 3.05) is 0 Å². The third-order valence-corrected chi connectivity index (χ3v) is 4.28. The molecule has 194 valence electrons. The minimum Gasteiger partial charge on any atom is -0.435 e. The molecule has 0 amide bonds. The Balaban J connectivity index is 2.66. The maximum absolute atomic E-state index is 14.0. The second kappa shape index (κ2) is 7.25. The highest BCUT2D eigenvalue weighted by Gasteiger charge is 2.95. The van der Waals surface area contributed by atoms with Crippen LogP contribution >= 0.6 is 0 Å². The number of alkyl halides is 17. The Hall–Kier alpha value is -2.50. The minimum absolute atomic E-state index is 0.695. The molecule has 0 N–H and O–H groups in total. The largest absolute Gasteiger partial charge is 0.460 e. The predicted octanol–water partition coefficient (Wildman–Crippen LogP) is 7.29. The highest BCUT2D eigenvalue weighted by Crippen LogP contribution is 2.65. The van der Waals surface area contributed by atoms with Crippen LogP contribution in [0.2, 0.25) is 0 Å². The van der Waals surface area contributed by atoms with E-state index in [1.165, 1.54) is 0 Å². The fraction of sp³-hybridized carbons (Fsp3) is 0.533. The SMILES string of the molecule is FC(F)(F)C(F)(F)C(F)(F)C(F)(F)C(F)(F)C(F)(F)C(F)(F)C(F)(F)c1nc2ccccc2o1. The summed E-state index contributed by atoms with van der Waals surface area (Å²) in [5, 5.41) is 0. The molecule has 1 heterocycles. The Bertz CT molecular complexity index is 1020. The first-order chi connectivity index (χ1) is 14.8. The van der Waals surface area contributed by atoms with Crippen LogP contribution in [0.1, 0.15) is 5.89 Å². The first-order valence-corrected chi connectivity index (χ1v) is 7.90. The van der Waals surface area contributed by atoms with Crippen LogP contribution in [0.3, 0.4) is 0 Å². The van der Waals surface area contributed by atoms with Crippen molar-refractivity contribution >= 4 is 11.1 Å². The van der Waals surface area contributed by atoms with Crippen LogP contribution in [-0.2, 0) is 5.92 Å². The van der Waals surface area contributed by atoms with Gasteiger partial charge in [-0.15, -0.1) is 0 Å². The van der Waals surface area contributed by atoms with Gasteiger partial charge in [0.2, 0.25) is 0 Å². The molecule has 0 radical (unpaired) electrons. The number of hydrogen-bond donors (Lipinski definition) is 0. The Kier molecular flexibility index (Phi) is 5.92. The van der Waals surface area contributed by atoms with E-state index in [0.29, 0.717) is 6.07 Å². The molecule has 34 heavy (non-hydrogen) atoms. The monoisotopic (exact) mass is 537 g/mol. The van der Waals surface area contributed by atoms with E-state index < -0.39 is 64.6 Å². The third-order valence-electron chi connectivity index (χ3n) is 4.28. The molecule has 2 rings (SSSR count). The van der Waals surface area contributed by atoms with Crippen LogP contribution in [0.5, 0.6) is 0 Å². The fourth-order valence-electron chi connectivity index (χ4n) is 2.30. The maximum Gasteiger partial charge on any atom is 0.460 e. The molecule has 0 fully saturated rings. The summed E-state index contributed by atoms with van der Waals surface area (Å²) in [5.41, 5.74) is -1.67. The van der Waals surface area contributed by atoms with E-state index >= 15 is 0 Å². The summed E-state index contributed by atoms with van der Waals surface area (Å²) >= 11 is 0. The van der Waals surface area contributed by atoms with Gasteiger partial charge in [-0.05, 0) is 12.1 Å². The summed E-state index contributed by atoms with van der Waals surface area (Å²) in [6.45, 7) is 0. The molecule has 0 unspecified atom stereocenters. The predicted molar refractivity (Wildman–Crippen MR) is 73.6 cm³/mol. The van der Waals surface area contributed by atoms with Gasteiger partial charge in [0.15, 0.2) is 5.58 Å². The van der Waals surface area contributed by atoms with Crippen molar-refractivity contribution in [3.05, 3.63) is 30.2 Å². The van der Waals surface area contributed by atoms with Gasteiger partial charge in [-0.3, -0.25) is 0 Å². The maximum atomic E-state index is 14.0. The van der Waals surface area contributed by atoms with Crippen molar-refractivity contribution in [1.29, 1.82) is 0 Å². The molecule has 0 saturated carbocycles. The van der Waals surface area contributed by atoms with Gasteiger partial charge in [-0.1, -0.05) is 12.1 Å². The van der Waals surface area contributed by atoms with Crippen molar-refractivity contribution in [1.82, 2.24) is 4.98 Å². The van der Waals surface area contributed by atoms with E-state index in [2.05, 4.69) is 9.40 Å². The molecule has 1 aromatic heterocycles. The fourth-order valence-corrected chi connectivity index (χ4v) is 2.30. The summed E-state index contributed by atoms with van der Waals surface area (Å²) in [7, 11) is 0. The van der Waals surface area contributed by atoms with Crippen LogP contribution in [-0.4, -0.2) is 46.7 Å². The van der Waals surface area contributed by atoms with E-state index in [4.69, 9.17) is 0 Å². The highest BCUT2D eigenvalue weighted by molar-refractivity contribution is 5.72. The van der Waals surface area contributed by atoms with E-state index in [0.717, 1.165) is 18.2 Å². The molecule has 0 saturated heterocycles. The molecule has 2 nitrogen and oxygen atoms in total. The number of halogens is 17. The molecule has 0 spiro atoms. The molecule has 0 aliphatic rings. The van der Waals surface area contributed by atoms with Crippen LogP contribution in [0, 0.1) is 0 Å². The zero-order valence-corrected chi connectivity index (χ0v) is 15.1. The van der Waals surface area contributed by atoms with Gasteiger partial charge < -0.3 is 4.42 Å². The summed E-state index contributed by atoms with van der Waals surface area (Å²) in [6.07, 6.45) is -7.80. The first kappa shape index (κ1) is 27.7. The Morgan fingerprint density at radius 3 is 1.29 bits per heavy atom. The molecule has 0 aliphatic carbocycles. The van der Waals surface area contributed by atoms with Crippen molar-refractivity contribution < 1.29 is 79.1 Å². The number of oxazole rings is 1. The molecule has 0 bridgehead atoms. The lowest BCUT2D eigenvalue weighted by Gasteiger charge is -2.42. The highest BCUT2D eigenvalue weighted by atomic mass is 19.4. The molecule has 0 atom stereocenters. The van der Waals surface area contributed by atoms with Gasteiger partial charge in [0.25, 0.3) is 5.89 Å². The molecular weight excluding hydrogens is 533 g/mol. The molecule has 0 aliphatic heterocycles. The lowest BCUT2D eigenvalue weighted by atomic mass is 9.89. The van der Waals surface area contributed by atoms with Crippen molar-refractivity contribution in [3.63, 3.8) is 0 Å². The van der Waals surface area contributed by atoms with E-state index in [1.807, 2.05) is 0 Å². The standard InChI is InChI=1S/C15H4F17NO/c16-8(17,7-33-5-3-1-2-4-6(5)34-7)9(18,19)10(20,21)11(22,23)12(24,25)13(26,27)14(28,29)15(30,31)32/h1-4H. The van der Waals surface area contributed by atoms with Crippen LogP contribution in [0.4, 0.5) is 74.6 Å². The van der Waals surface area contributed by atoms with Crippen LogP contribution < -0.4 is 0 Å². The Morgan fingerprint density at radius 1 is 0.500 bits per heavy atom. The van der Waals surface area contributed by atoms with Gasteiger partial charge in [0.05, 0.1) is 0 Å². The number of aromatic nitrogens is 1. The van der Waals surface area contributed by atoms with Crippen molar-refractivity contribution in [3.8, 4) is 0 Å². The molecule has 19 heteroatoms. The first-order valence-electron chi connectivity index (χ1n) is 7.90.